The third kappa shape index (κ3) is 3.96. The molecule has 0 saturated carbocycles. The number of rotatable bonds is 6. The fourth-order valence-corrected chi connectivity index (χ4v) is 3.09. The third-order valence-electron chi connectivity index (χ3n) is 3.79. The summed E-state index contributed by atoms with van der Waals surface area (Å²) >= 11 is 3.46. The van der Waals surface area contributed by atoms with E-state index in [2.05, 4.69) is 26.2 Å². The van der Waals surface area contributed by atoms with Crippen molar-refractivity contribution in [3.63, 3.8) is 0 Å². The molecular weight excluding hydrogens is 396 g/mol. The Kier molecular flexibility index (Phi) is 5.73. The van der Waals surface area contributed by atoms with Crippen molar-refractivity contribution in [1.82, 2.24) is 4.98 Å². The lowest BCUT2D eigenvalue weighted by molar-refractivity contribution is 0.102. The Morgan fingerprint density at radius 1 is 1.23 bits per heavy atom. The van der Waals surface area contributed by atoms with Gasteiger partial charge in [-0.05, 0) is 46.6 Å². The van der Waals surface area contributed by atoms with E-state index in [0.717, 1.165) is 17.3 Å². The molecule has 1 aromatic heterocycles. The highest BCUT2D eigenvalue weighted by atomic mass is 79.9. The molecule has 0 radical (unpaired) electrons. The van der Waals surface area contributed by atoms with Crippen LogP contribution in [0, 0.1) is 0 Å². The van der Waals surface area contributed by atoms with E-state index in [9.17, 15) is 4.79 Å². The Bertz CT molecular complexity index is 943. The summed E-state index contributed by atoms with van der Waals surface area (Å²) in [5.41, 5.74) is 1.98. The number of para-hydroxylation sites is 1. The maximum Gasteiger partial charge on any atom is 0.255 e. The molecule has 134 valence electrons. The van der Waals surface area contributed by atoms with Gasteiger partial charge in [0.15, 0.2) is 11.5 Å². The van der Waals surface area contributed by atoms with Crippen LogP contribution in [-0.2, 0) is 0 Å². The second-order valence-corrected chi connectivity index (χ2v) is 6.56. The van der Waals surface area contributed by atoms with E-state index in [1.807, 2.05) is 37.3 Å². The number of carbonyl (C=O) groups is 1. The average molecular weight is 415 g/mol. The lowest BCUT2D eigenvalue weighted by Gasteiger charge is -2.14. The van der Waals surface area contributed by atoms with E-state index in [-0.39, 0.29) is 5.91 Å². The molecule has 0 saturated heterocycles. The fraction of sp³-hybridized carbons (Fsp3) is 0.200. The quantitative estimate of drug-likeness (QED) is 0.612. The van der Waals surface area contributed by atoms with Gasteiger partial charge in [-0.2, -0.15) is 0 Å². The van der Waals surface area contributed by atoms with Crippen molar-refractivity contribution in [2.24, 2.45) is 0 Å². The molecule has 0 unspecified atom stereocenters. The number of pyridine rings is 1. The van der Waals surface area contributed by atoms with Crippen molar-refractivity contribution in [2.45, 2.75) is 13.3 Å². The average Bonchev–Trinajstić information content (AvgIpc) is 2.66. The van der Waals surface area contributed by atoms with E-state index < -0.39 is 0 Å². The number of fused-ring (bicyclic) bond motifs is 1. The Balaban J connectivity index is 1.85. The number of benzene rings is 2. The zero-order valence-corrected chi connectivity index (χ0v) is 16.2. The summed E-state index contributed by atoms with van der Waals surface area (Å²) in [5.74, 6) is 0.857. The van der Waals surface area contributed by atoms with E-state index in [1.165, 1.54) is 0 Å². The number of carbonyl (C=O) groups excluding carboxylic acids is 1. The number of nitrogens with one attached hydrogen (secondary N) is 1. The normalized spacial score (nSPS) is 10.6. The van der Waals surface area contributed by atoms with Crippen LogP contribution in [0.3, 0.4) is 0 Å². The van der Waals surface area contributed by atoms with Gasteiger partial charge in [0.05, 0.1) is 35.6 Å². The number of hydrogen-bond acceptors (Lipinski definition) is 4. The minimum Gasteiger partial charge on any atom is -0.493 e. The van der Waals surface area contributed by atoms with Crippen LogP contribution in [0.2, 0.25) is 0 Å². The summed E-state index contributed by atoms with van der Waals surface area (Å²) in [6.45, 7) is 2.60. The van der Waals surface area contributed by atoms with E-state index in [0.29, 0.717) is 33.8 Å². The maximum atomic E-state index is 12.6. The zero-order valence-electron chi connectivity index (χ0n) is 14.6. The molecule has 0 spiro atoms. The van der Waals surface area contributed by atoms with Gasteiger partial charge in [0.2, 0.25) is 0 Å². The monoisotopic (exact) mass is 414 g/mol. The molecule has 0 aliphatic heterocycles. The molecular formula is C20H19BrN2O3. The summed E-state index contributed by atoms with van der Waals surface area (Å²) in [7, 11) is 1.55. The molecule has 1 N–H and O–H groups in total. The number of halogens is 1. The Labute approximate surface area is 160 Å². The minimum atomic E-state index is -0.247. The van der Waals surface area contributed by atoms with Crippen LogP contribution < -0.4 is 14.8 Å². The molecule has 0 bridgehead atoms. The zero-order chi connectivity index (χ0) is 18.5. The van der Waals surface area contributed by atoms with Gasteiger partial charge < -0.3 is 14.8 Å². The largest absolute Gasteiger partial charge is 0.493 e. The topological polar surface area (TPSA) is 60.5 Å². The molecule has 5 nitrogen and oxygen atoms in total. The lowest BCUT2D eigenvalue weighted by atomic mass is 10.1. The number of anilines is 1. The van der Waals surface area contributed by atoms with Crippen LogP contribution in [-0.4, -0.2) is 24.6 Å². The maximum absolute atomic E-state index is 12.6. The Morgan fingerprint density at radius 3 is 2.81 bits per heavy atom. The van der Waals surface area contributed by atoms with Crippen molar-refractivity contribution in [2.75, 3.05) is 19.0 Å². The first-order chi connectivity index (χ1) is 12.6. The van der Waals surface area contributed by atoms with Gasteiger partial charge in [-0.25, -0.2) is 0 Å². The number of nitrogens with zero attached hydrogens (tertiary/aromatic N) is 1. The molecule has 1 amide bonds. The molecule has 0 atom stereocenters. The minimum absolute atomic E-state index is 0.247. The van der Waals surface area contributed by atoms with Crippen LogP contribution in [0.15, 0.2) is 53.1 Å². The van der Waals surface area contributed by atoms with Gasteiger partial charge in [-0.15, -0.1) is 0 Å². The van der Waals surface area contributed by atoms with Crippen LogP contribution >= 0.6 is 15.9 Å². The molecule has 1 heterocycles. The summed E-state index contributed by atoms with van der Waals surface area (Å²) in [4.78, 5) is 17.0. The predicted octanol–water partition coefficient (Wildman–Crippen LogP) is 5.05. The van der Waals surface area contributed by atoms with Crippen molar-refractivity contribution in [1.29, 1.82) is 0 Å². The molecule has 26 heavy (non-hydrogen) atoms. The fourth-order valence-electron chi connectivity index (χ4n) is 2.54. The molecule has 0 aliphatic carbocycles. The number of amides is 1. The highest BCUT2D eigenvalue weighted by Gasteiger charge is 2.16. The molecule has 2 aromatic carbocycles. The molecule has 0 fully saturated rings. The van der Waals surface area contributed by atoms with Gasteiger partial charge in [0.1, 0.15) is 0 Å². The second kappa shape index (κ2) is 8.19. The van der Waals surface area contributed by atoms with Crippen molar-refractivity contribution in [3.8, 4) is 11.5 Å². The summed E-state index contributed by atoms with van der Waals surface area (Å²) in [6.07, 6.45) is 2.53. The van der Waals surface area contributed by atoms with Gasteiger partial charge >= 0.3 is 0 Å². The second-order valence-electron chi connectivity index (χ2n) is 5.71. The van der Waals surface area contributed by atoms with E-state index in [1.54, 1.807) is 25.4 Å². The van der Waals surface area contributed by atoms with Crippen LogP contribution in [0.5, 0.6) is 11.5 Å². The number of ether oxygens (including phenoxy) is 2. The first-order valence-corrected chi connectivity index (χ1v) is 9.08. The first kappa shape index (κ1) is 18.2. The number of methoxy groups -OCH3 is 1. The van der Waals surface area contributed by atoms with E-state index in [4.69, 9.17) is 9.47 Å². The standard InChI is InChI=1S/C20H19BrN2O3/c1-3-8-26-19-16(21)10-14(11-18(19)25-2)20(24)23-15-9-13-6-4-5-7-17(13)22-12-15/h4-7,9-12H,3,8H2,1-2H3,(H,23,24). The number of hydrogen-bond donors (Lipinski definition) is 1. The van der Waals surface area contributed by atoms with Gasteiger partial charge in [-0.1, -0.05) is 25.1 Å². The molecule has 6 heteroatoms. The predicted molar refractivity (Wildman–Crippen MR) is 106 cm³/mol. The summed E-state index contributed by atoms with van der Waals surface area (Å²) in [6, 6.07) is 13.0. The molecule has 3 rings (SSSR count). The molecule has 3 aromatic rings. The highest BCUT2D eigenvalue weighted by molar-refractivity contribution is 9.10. The highest BCUT2D eigenvalue weighted by Crippen LogP contribution is 2.37. The van der Waals surface area contributed by atoms with Crippen molar-refractivity contribution >= 4 is 38.4 Å². The van der Waals surface area contributed by atoms with Gasteiger partial charge in [0, 0.05) is 10.9 Å². The van der Waals surface area contributed by atoms with Crippen LogP contribution in [0.1, 0.15) is 23.7 Å². The molecule has 0 aliphatic rings. The van der Waals surface area contributed by atoms with Crippen molar-refractivity contribution in [3.05, 3.63) is 58.7 Å². The van der Waals surface area contributed by atoms with Gasteiger partial charge in [0.25, 0.3) is 5.91 Å². The summed E-state index contributed by atoms with van der Waals surface area (Å²) in [5, 5.41) is 3.84. The van der Waals surface area contributed by atoms with Crippen LogP contribution in [0.25, 0.3) is 10.9 Å². The van der Waals surface area contributed by atoms with E-state index >= 15 is 0 Å². The summed E-state index contributed by atoms with van der Waals surface area (Å²) < 4.78 is 11.7. The number of aromatic nitrogens is 1. The van der Waals surface area contributed by atoms with Crippen molar-refractivity contribution < 1.29 is 14.3 Å². The third-order valence-corrected chi connectivity index (χ3v) is 4.38. The Hall–Kier alpha value is -2.60. The van der Waals surface area contributed by atoms with Gasteiger partial charge in [-0.3, -0.25) is 9.78 Å². The smallest absolute Gasteiger partial charge is 0.255 e. The Morgan fingerprint density at radius 2 is 2.04 bits per heavy atom. The SMILES string of the molecule is CCCOc1c(Br)cc(C(=O)Nc2cnc3ccccc3c2)cc1OC. The van der Waals surface area contributed by atoms with Crippen LogP contribution in [0.4, 0.5) is 5.69 Å². The first-order valence-electron chi connectivity index (χ1n) is 8.29. The lowest BCUT2D eigenvalue weighted by Crippen LogP contribution is -2.12.